The SMILES string of the molecule is Cc1nnc2n1C(C)(C(=O)NCCc1cccnc1)COC2. The van der Waals surface area contributed by atoms with Gasteiger partial charge in [-0.1, -0.05) is 6.07 Å². The third kappa shape index (κ3) is 2.59. The van der Waals surface area contributed by atoms with Gasteiger partial charge in [-0.3, -0.25) is 14.3 Å². The molecule has 0 spiro atoms. The van der Waals surface area contributed by atoms with Gasteiger partial charge in [-0.25, -0.2) is 0 Å². The molecule has 2 aromatic heterocycles. The van der Waals surface area contributed by atoms with Crippen molar-refractivity contribution in [1.29, 1.82) is 0 Å². The van der Waals surface area contributed by atoms with Crippen LogP contribution in [0.2, 0.25) is 0 Å². The number of hydrogen-bond acceptors (Lipinski definition) is 5. The average molecular weight is 301 g/mol. The van der Waals surface area contributed by atoms with Gasteiger partial charge in [-0.05, 0) is 31.9 Å². The predicted octanol–water partition coefficient (Wildman–Crippen LogP) is 0.586. The molecule has 7 nitrogen and oxygen atoms in total. The maximum Gasteiger partial charge on any atom is 0.248 e. The molecular weight excluding hydrogens is 282 g/mol. The fourth-order valence-corrected chi connectivity index (χ4v) is 2.77. The number of fused-ring (bicyclic) bond motifs is 1. The van der Waals surface area contributed by atoms with Gasteiger partial charge < -0.3 is 10.1 Å². The number of aryl methyl sites for hydroxylation is 1. The number of aromatic nitrogens is 4. The van der Waals surface area contributed by atoms with Crippen LogP contribution in [-0.2, 0) is 28.1 Å². The number of rotatable bonds is 4. The lowest BCUT2D eigenvalue weighted by molar-refractivity contribution is -0.135. The number of carbonyl (C=O) groups excluding carboxylic acids is 1. The quantitative estimate of drug-likeness (QED) is 0.893. The van der Waals surface area contributed by atoms with E-state index >= 15 is 0 Å². The van der Waals surface area contributed by atoms with Crippen molar-refractivity contribution in [1.82, 2.24) is 25.1 Å². The molecule has 116 valence electrons. The summed E-state index contributed by atoms with van der Waals surface area (Å²) in [4.78, 5) is 16.7. The Hall–Kier alpha value is -2.28. The largest absolute Gasteiger partial charge is 0.370 e. The lowest BCUT2D eigenvalue weighted by Gasteiger charge is -2.34. The van der Waals surface area contributed by atoms with Crippen LogP contribution in [0.5, 0.6) is 0 Å². The van der Waals surface area contributed by atoms with Crippen molar-refractivity contribution >= 4 is 5.91 Å². The van der Waals surface area contributed by atoms with Crippen molar-refractivity contribution < 1.29 is 9.53 Å². The molecule has 2 aromatic rings. The molecule has 0 fully saturated rings. The van der Waals surface area contributed by atoms with Crippen LogP contribution >= 0.6 is 0 Å². The van der Waals surface area contributed by atoms with Gasteiger partial charge in [0.15, 0.2) is 5.82 Å². The van der Waals surface area contributed by atoms with Gasteiger partial charge in [0.2, 0.25) is 5.91 Å². The van der Waals surface area contributed by atoms with Crippen molar-refractivity contribution in [3.8, 4) is 0 Å². The van der Waals surface area contributed by atoms with E-state index in [9.17, 15) is 4.79 Å². The molecule has 0 radical (unpaired) electrons. The number of amides is 1. The standard InChI is InChI=1S/C15H19N5O2/c1-11-18-19-13-9-22-10-15(2,20(11)13)14(21)17-7-5-12-4-3-6-16-8-12/h3-4,6,8H,5,7,9-10H2,1-2H3,(H,17,21). The molecule has 0 saturated heterocycles. The normalized spacial score (nSPS) is 20.5. The molecule has 22 heavy (non-hydrogen) atoms. The van der Waals surface area contributed by atoms with Crippen LogP contribution in [0.15, 0.2) is 24.5 Å². The molecule has 0 saturated carbocycles. The fraction of sp³-hybridized carbons (Fsp3) is 0.467. The zero-order valence-corrected chi connectivity index (χ0v) is 12.7. The topological polar surface area (TPSA) is 81.9 Å². The minimum absolute atomic E-state index is 0.0831. The molecule has 1 aliphatic heterocycles. The Morgan fingerprint density at radius 3 is 3.14 bits per heavy atom. The van der Waals surface area contributed by atoms with E-state index in [0.29, 0.717) is 25.6 Å². The van der Waals surface area contributed by atoms with Gasteiger partial charge in [0.25, 0.3) is 0 Å². The first-order valence-corrected chi connectivity index (χ1v) is 7.27. The second kappa shape index (κ2) is 5.84. The molecule has 1 N–H and O–H groups in total. The molecular formula is C15H19N5O2. The van der Waals surface area contributed by atoms with Crippen molar-refractivity contribution in [3.63, 3.8) is 0 Å². The van der Waals surface area contributed by atoms with E-state index in [-0.39, 0.29) is 5.91 Å². The number of nitrogens with zero attached hydrogens (tertiary/aromatic N) is 4. The summed E-state index contributed by atoms with van der Waals surface area (Å²) in [6, 6.07) is 3.88. The van der Waals surface area contributed by atoms with Crippen molar-refractivity contribution in [2.75, 3.05) is 13.2 Å². The summed E-state index contributed by atoms with van der Waals surface area (Å²) in [5.74, 6) is 1.33. The smallest absolute Gasteiger partial charge is 0.248 e. The van der Waals surface area contributed by atoms with E-state index in [1.54, 1.807) is 12.4 Å². The predicted molar refractivity (Wildman–Crippen MR) is 79.0 cm³/mol. The Bertz CT molecular complexity index is 670. The van der Waals surface area contributed by atoms with Crippen molar-refractivity contribution in [3.05, 3.63) is 41.7 Å². The van der Waals surface area contributed by atoms with E-state index in [4.69, 9.17) is 4.74 Å². The van der Waals surface area contributed by atoms with Crippen LogP contribution in [0.4, 0.5) is 0 Å². The number of ether oxygens (including phenoxy) is 1. The van der Waals surface area contributed by atoms with Crippen molar-refractivity contribution in [2.24, 2.45) is 0 Å². The third-order valence-corrected chi connectivity index (χ3v) is 3.91. The van der Waals surface area contributed by atoms with Crippen LogP contribution in [0.25, 0.3) is 0 Å². The van der Waals surface area contributed by atoms with Gasteiger partial charge >= 0.3 is 0 Å². The molecule has 1 aliphatic rings. The van der Waals surface area contributed by atoms with Gasteiger partial charge in [-0.2, -0.15) is 0 Å². The Balaban J connectivity index is 1.68. The minimum Gasteiger partial charge on any atom is -0.370 e. The minimum atomic E-state index is -0.809. The van der Waals surface area contributed by atoms with Crippen LogP contribution in [0.1, 0.15) is 24.1 Å². The summed E-state index contributed by atoms with van der Waals surface area (Å²) in [6.07, 6.45) is 4.28. The average Bonchev–Trinajstić information content (AvgIpc) is 2.91. The molecule has 0 aliphatic carbocycles. The summed E-state index contributed by atoms with van der Waals surface area (Å²) in [6.45, 7) is 4.96. The molecule has 3 rings (SSSR count). The highest BCUT2D eigenvalue weighted by Crippen LogP contribution is 2.25. The Morgan fingerprint density at radius 1 is 1.50 bits per heavy atom. The van der Waals surface area contributed by atoms with E-state index in [1.807, 2.05) is 30.5 Å². The number of pyridine rings is 1. The molecule has 1 unspecified atom stereocenters. The molecule has 1 atom stereocenters. The zero-order chi connectivity index (χ0) is 15.6. The lowest BCUT2D eigenvalue weighted by atomic mass is 10.00. The van der Waals surface area contributed by atoms with Crippen LogP contribution < -0.4 is 5.32 Å². The summed E-state index contributed by atoms with van der Waals surface area (Å²) in [5, 5.41) is 11.1. The summed E-state index contributed by atoms with van der Waals surface area (Å²) < 4.78 is 7.39. The van der Waals surface area contributed by atoms with Crippen LogP contribution in [0, 0.1) is 6.92 Å². The first-order valence-electron chi connectivity index (χ1n) is 7.27. The maximum absolute atomic E-state index is 12.6. The highest BCUT2D eigenvalue weighted by Gasteiger charge is 2.41. The summed E-state index contributed by atoms with van der Waals surface area (Å²) in [5.41, 5.74) is 0.282. The van der Waals surface area contributed by atoms with Gasteiger partial charge in [0.05, 0.1) is 6.61 Å². The number of carbonyl (C=O) groups is 1. The molecule has 0 aromatic carbocycles. The summed E-state index contributed by atoms with van der Waals surface area (Å²) >= 11 is 0. The van der Waals surface area contributed by atoms with E-state index in [0.717, 1.165) is 17.8 Å². The summed E-state index contributed by atoms with van der Waals surface area (Å²) in [7, 11) is 0. The highest BCUT2D eigenvalue weighted by atomic mass is 16.5. The molecule has 7 heteroatoms. The first-order chi connectivity index (χ1) is 10.6. The highest BCUT2D eigenvalue weighted by molar-refractivity contribution is 5.84. The third-order valence-electron chi connectivity index (χ3n) is 3.91. The molecule has 3 heterocycles. The van der Waals surface area contributed by atoms with Gasteiger partial charge in [-0.15, -0.1) is 10.2 Å². The zero-order valence-electron chi connectivity index (χ0n) is 12.7. The first kappa shape index (κ1) is 14.6. The molecule has 1 amide bonds. The maximum atomic E-state index is 12.6. The van der Waals surface area contributed by atoms with E-state index in [1.165, 1.54) is 0 Å². The van der Waals surface area contributed by atoms with Crippen LogP contribution in [-0.4, -0.2) is 38.8 Å². The van der Waals surface area contributed by atoms with Gasteiger partial charge in [0, 0.05) is 18.9 Å². The Morgan fingerprint density at radius 2 is 2.36 bits per heavy atom. The Kier molecular flexibility index (Phi) is 3.89. The van der Waals surface area contributed by atoms with Crippen LogP contribution in [0.3, 0.4) is 0 Å². The number of hydrogen-bond donors (Lipinski definition) is 1. The van der Waals surface area contributed by atoms with E-state index < -0.39 is 5.54 Å². The van der Waals surface area contributed by atoms with E-state index in [2.05, 4.69) is 20.5 Å². The van der Waals surface area contributed by atoms with Crippen molar-refractivity contribution in [2.45, 2.75) is 32.4 Å². The Labute approximate surface area is 128 Å². The second-order valence-corrected chi connectivity index (χ2v) is 5.63. The lowest BCUT2D eigenvalue weighted by Crippen LogP contribution is -2.53. The second-order valence-electron chi connectivity index (χ2n) is 5.63. The monoisotopic (exact) mass is 301 g/mol. The fourth-order valence-electron chi connectivity index (χ4n) is 2.77. The number of nitrogens with one attached hydrogen (secondary N) is 1. The van der Waals surface area contributed by atoms with Gasteiger partial charge in [0.1, 0.15) is 18.0 Å². The molecule has 0 bridgehead atoms.